The summed E-state index contributed by atoms with van der Waals surface area (Å²) in [6, 6.07) is 6.03. The van der Waals surface area contributed by atoms with Crippen molar-refractivity contribution in [2.75, 3.05) is 32.5 Å². The average Bonchev–Trinajstić information content (AvgIpc) is 2.27. The molecule has 0 amide bonds. The van der Waals surface area contributed by atoms with E-state index in [4.69, 9.17) is 10.5 Å². The van der Waals surface area contributed by atoms with Crippen LogP contribution in [0, 0.1) is 0 Å². The second kappa shape index (κ2) is 6.89. The number of likely N-dealkylation sites (N-methyl/N-ethyl adjacent to an activating group) is 1. The standard InChI is InChI=1S/C12H19BrN2O/c1-3-15(6-7-16-2)9-10-4-5-11(13)8-12(10)14/h4-5,8H,3,6-7,9,14H2,1-2H3. The highest BCUT2D eigenvalue weighted by atomic mass is 79.9. The van der Waals surface area contributed by atoms with Crippen LogP contribution in [0.2, 0.25) is 0 Å². The third-order valence-electron chi connectivity index (χ3n) is 2.56. The first-order chi connectivity index (χ1) is 7.67. The van der Waals surface area contributed by atoms with Crippen LogP contribution >= 0.6 is 15.9 Å². The minimum atomic E-state index is 0.754. The smallest absolute Gasteiger partial charge is 0.0589 e. The highest BCUT2D eigenvalue weighted by molar-refractivity contribution is 9.10. The van der Waals surface area contributed by atoms with Gasteiger partial charge in [-0.3, -0.25) is 4.90 Å². The van der Waals surface area contributed by atoms with Crippen molar-refractivity contribution in [2.24, 2.45) is 0 Å². The first-order valence-corrected chi connectivity index (χ1v) is 6.21. The van der Waals surface area contributed by atoms with Gasteiger partial charge in [-0.05, 0) is 24.2 Å². The van der Waals surface area contributed by atoms with E-state index in [1.165, 1.54) is 5.56 Å². The van der Waals surface area contributed by atoms with E-state index in [1.807, 2.05) is 12.1 Å². The summed E-state index contributed by atoms with van der Waals surface area (Å²) in [4.78, 5) is 2.31. The number of halogens is 1. The van der Waals surface area contributed by atoms with Crippen molar-refractivity contribution < 1.29 is 4.74 Å². The molecule has 16 heavy (non-hydrogen) atoms. The van der Waals surface area contributed by atoms with E-state index >= 15 is 0 Å². The summed E-state index contributed by atoms with van der Waals surface area (Å²) in [5, 5.41) is 0. The fourth-order valence-electron chi connectivity index (χ4n) is 1.52. The molecule has 0 unspecified atom stereocenters. The number of nitrogen functional groups attached to an aromatic ring is 1. The molecule has 0 aliphatic heterocycles. The minimum Gasteiger partial charge on any atom is -0.398 e. The Morgan fingerprint density at radius 3 is 2.75 bits per heavy atom. The molecule has 1 rings (SSSR count). The first-order valence-electron chi connectivity index (χ1n) is 5.42. The maximum atomic E-state index is 5.97. The molecular weight excluding hydrogens is 268 g/mol. The normalized spacial score (nSPS) is 11.0. The molecule has 1 aromatic carbocycles. The number of hydrogen-bond acceptors (Lipinski definition) is 3. The largest absolute Gasteiger partial charge is 0.398 e. The number of benzene rings is 1. The number of methoxy groups -OCH3 is 1. The molecule has 0 fully saturated rings. The predicted octanol–water partition coefficient (Wildman–Crippen LogP) is 2.50. The van der Waals surface area contributed by atoms with Crippen LogP contribution < -0.4 is 5.73 Å². The molecule has 0 heterocycles. The highest BCUT2D eigenvalue weighted by Gasteiger charge is 2.06. The maximum Gasteiger partial charge on any atom is 0.0589 e. The van der Waals surface area contributed by atoms with Gasteiger partial charge in [0.25, 0.3) is 0 Å². The number of rotatable bonds is 6. The molecule has 0 atom stereocenters. The van der Waals surface area contributed by atoms with E-state index in [9.17, 15) is 0 Å². The van der Waals surface area contributed by atoms with Gasteiger partial charge in [-0.25, -0.2) is 0 Å². The fraction of sp³-hybridized carbons (Fsp3) is 0.500. The summed E-state index contributed by atoms with van der Waals surface area (Å²) < 4.78 is 6.10. The van der Waals surface area contributed by atoms with Crippen LogP contribution in [0.25, 0.3) is 0 Å². The Morgan fingerprint density at radius 2 is 2.19 bits per heavy atom. The number of ether oxygens (including phenoxy) is 1. The lowest BCUT2D eigenvalue weighted by Crippen LogP contribution is -2.27. The Labute approximate surface area is 106 Å². The molecule has 0 radical (unpaired) electrons. The van der Waals surface area contributed by atoms with Gasteiger partial charge in [-0.15, -0.1) is 0 Å². The Morgan fingerprint density at radius 1 is 1.44 bits per heavy atom. The van der Waals surface area contributed by atoms with E-state index in [2.05, 4.69) is 33.8 Å². The zero-order valence-electron chi connectivity index (χ0n) is 9.87. The van der Waals surface area contributed by atoms with Crippen LogP contribution in [0.5, 0.6) is 0 Å². The monoisotopic (exact) mass is 286 g/mol. The molecule has 4 heteroatoms. The van der Waals surface area contributed by atoms with Crippen molar-refractivity contribution in [1.82, 2.24) is 4.90 Å². The van der Waals surface area contributed by atoms with E-state index < -0.39 is 0 Å². The highest BCUT2D eigenvalue weighted by Crippen LogP contribution is 2.19. The average molecular weight is 287 g/mol. The molecule has 0 aromatic heterocycles. The summed E-state index contributed by atoms with van der Waals surface area (Å²) in [7, 11) is 1.72. The van der Waals surface area contributed by atoms with Gasteiger partial charge in [-0.2, -0.15) is 0 Å². The molecule has 0 saturated carbocycles. The van der Waals surface area contributed by atoms with E-state index in [1.54, 1.807) is 7.11 Å². The van der Waals surface area contributed by atoms with E-state index in [0.29, 0.717) is 0 Å². The lowest BCUT2D eigenvalue weighted by molar-refractivity contribution is 0.147. The SMILES string of the molecule is CCN(CCOC)Cc1ccc(Br)cc1N. The lowest BCUT2D eigenvalue weighted by Gasteiger charge is -2.20. The van der Waals surface area contributed by atoms with Crippen LogP contribution in [0.1, 0.15) is 12.5 Å². The molecule has 0 aliphatic rings. The van der Waals surface area contributed by atoms with Crippen molar-refractivity contribution in [3.63, 3.8) is 0 Å². The van der Waals surface area contributed by atoms with Gasteiger partial charge < -0.3 is 10.5 Å². The number of nitrogens with zero attached hydrogens (tertiary/aromatic N) is 1. The topological polar surface area (TPSA) is 38.5 Å². The Bertz CT molecular complexity index is 331. The summed E-state index contributed by atoms with van der Waals surface area (Å²) in [6.45, 7) is 5.70. The lowest BCUT2D eigenvalue weighted by atomic mass is 10.1. The molecule has 1 aromatic rings. The van der Waals surface area contributed by atoms with Gasteiger partial charge in [0.1, 0.15) is 0 Å². The van der Waals surface area contributed by atoms with Crippen LogP contribution in [0.3, 0.4) is 0 Å². The summed E-state index contributed by atoms with van der Waals surface area (Å²) in [6.07, 6.45) is 0. The Hall–Kier alpha value is -0.580. The van der Waals surface area contributed by atoms with Crippen molar-refractivity contribution in [3.8, 4) is 0 Å². The third kappa shape index (κ3) is 4.12. The zero-order chi connectivity index (χ0) is 12.0. The molecule has 0 saturated heterocycles. The van der Waals surface area contributed by atoms with Crippen LogP contribution in [-0.4, -0.2) is 31.7 Å². The molecule has 3 nitrogen and oxygen atoms in total. The third-order valence-corrected chi connectivity index (χ3v) is 3.05. The second-order valence-electron chi connectivity index (χ2n) is 3.70. The van der Waals surface area contributed by atoms with Gasteiger partial charge in [0, 0.05) is 30.4 Å². The van der Waals surface area contributed by atoms with E-state index in [-0.39, 0.29) is 0 Å². The number of anilines is 1. The van der Waals surface area contributed by atoms with Crippen LogP contribution in [0.15, 0.2) is 22.7 Å². The quantitative estimate of drug-likeness (QED) is 0.817. The van der Waals surface area contributed by atoms with Crippen molar-refractivity contribution in [3.05, 3.63) is 28.2 Å². The van der Waals surface area contributed by atoms with Crippen LogP contribution in [-0.2, 0) is 11.3 Å². The van der Waals surface area contributed by atoms with Crippen molar-refractivity contribution in [1.29, 1.82) is 0 Å². The maximum absolute atomic E-state index is 5.97. The fourth-order valence-corrected chi connectivity index (χ4v) is 1.90. The van der Waals surface area contributed by atoms with Gasteiger partial charge in [-0.1, -0.05) is 28.9 Å². The molecular formula is C12H19BrN2O. The number of nitrogens with two attached hydrogens (primary N) is 1. The van der Waals surface area contributed by atoms with Gasteiger partial charge in [0.05, 0.1) is 6.61 Å². The number of hydrogen-bond donors (Lipinski definition) is 1. The Kier molecular flexibility index (Phi) is 5.80. The first kappa shape index (κ1) is 13.5. The summed E-state index contributed by atoms with van der Waals surface area (Å²) in [5.74, 6) is 0. The molecule has 90 valence electrons. The van der Waals surface area contributed by atoms with E-state index in [0.717, 1.165) is 36.4 Å². The van der Waals surface area contributed by atoms with Crippen molar-refractivity contribution in [2.45, 2.75) is 13.5 Å². The van der Waals surface area contributed by atoms with Crippen LogP contribution in [0.4, 0.5) is 5.69 Å². The van der Waals surface area contributed by atoms with Gasteiger partial charge in [0.2, 0.25) is 0 Å². The summed E-state index contributed by atoms with van der Waals surface area (Å²) in [5.41, 5.74) is 7.97. The predicted molar refractivity (Wildman–Crippen MR) is 71.4 cm³/mol. The molecule has 0 aliphatic carbocycles. The van der Waals surface area contributed by atoms with Gasteiger partial charge >= 0.3 is 0 Å². The zero-order valence-corrected chi connectivity index (χ0v) is 11.5. The second-order valence-corrected chi connectivity index (χ2v) is 4.62. The molecule has 0 bridgehead atoms. The van der Waals surface area contributed by atoms with Crippen molar-refractivity contribution >= 4 is 21.6 Å². The minimum absolute atomic E-state index is 0.754. The molecule has 0 spiro atoms. The Balaban J connectivity index is 2.62. The van der Waals surface area contributed by atoms with Gasteiger partial charge in [0.15, 0.2) is 0 Å². The summed E-state index contributed by atoms with van der Waals surface area (Å²) >= 11 is 3.41. The molecule has 2 N–H and O–H groups in total.